The molecule has 2 rings (SSSR count). The summed E-state index contributed by atoms with van der Waals surface area (Å²) in [5.74, 6) is 1.24. The van der Waals surface area contributed by atoms with Crippen molar-refractivity contribution in [2.45, 2.75) is 38.7 Å². The highest BCUT2D eigenvalue weighted by atomic mass is 127. The maximum absolute atomic E-state index is 10.0. The molecule has 1 nitrogen and oxygen atoms in total. The molecule has 1 aromatic carbocycles. The van der Waals surface area contributed by atoms with Crippen molar-refractivity contribution < 1.29 is 5.11 Å². The number of aliphatic hydroxyl groups excluding tert-OH is 1. The number of hydrogen-bond donors (Lipinski definition) is 1. The Kier molecular flexibility index (Phi) is 4.25. The van der Waals surface area contributed by atoms with Gasteiger partial charge in [-0.1, -0.05) is 19.1 Å². The van der Waals surface area contributed by atoms with E-state index in [1.807, 2.05) is 0 Å². The van der Waals surface area contributed by atoms with E-state index in [-0.39, 0.29) is 6.10 Å². The topological polar surface area (TPSA) is 20.2 Å². The Morgan fingerprint density at radius 3 is 2.62 bits per heavy atom. The lowest BCUT2D eigenvalue weighted by molar-refractivity contribution is 0.0519. The smallest absolute Gasteiger partial charge is 0.0571 e. The predicted octanol–water partition coefficient (Wildman–Crippen LogP) is 3.63. The number of halogens is 1. The van der Waals surface area contributed by atoms with Crippen LogP contribution in [0.15, 0.2) is 24.3 Å². The third kappa shape index (κ3) is 3.20. The Labute approximate surface area is 111 Å². The summed E-state index contributed by atoms with van der Waals surface area (Å²) in [5.41, 5.74) is 1.36. The van der Waals surface area contributed by atoms with E-state index >= 15 is 0 Å². The minimum atomic E-state index is -0.0875. The van der Waals surface area contributed by atoms with Crippen LogP contribution in [0.3, 0.4) is 0 Å². The van der Waals surface area contributed by atoms with Gasteiger partial charge in [0.15, 0.2) is 0 Å². The van der Waals surface area contributed by atoms with Crippen LogP contribution in [-0.4, -0.2) is 11.2 Å². The molecule has 1 N–H and O–H groups in total. The molecule has 0 aromatic heterocycles. The highest BCUT2D eigenvalue weighted by molar-refractivity contribution is 14.1. The summed E-state index contributed by atoms with van der Waals surface area (Å²) in [6.07, 6.45) is 4.28. The van der Waals surface area contributed by atoms with Crippen molar-refractivity contribution in [2.75, 3.05) is 0 Å². The maximum atomic E-state index is 10.0. The Hall–Kier alpha value is -0.0900. The monoisotopic (exact) mass is 330 g/mol. The van der Waals surface area contributed by atoms with E-state index in [0.29, 0.717) is 5.92 Å². The lowest BCUT2D eigenvalue weighted by atomic mass is 9.77. The summed E-state index contributed by atoms with van der Waals surface area (Å²) in [7, 11) is 0. The van der Waals surface area contributed by atoms with Crippen LogP contribution in [0.5, 0.6) is 0 Å². The van der Waals surface area contributed by atoms with Gasteiger partial charge in [0.1, 0.15) is 0 Å². The SMILES string of the molecule is CC1CCC(O)C(Cc2ccc(I)cc2)C1. The van der Waals surface area contributed by atoms with Crippen LogP contribution < -0.4 is 0 Å². The van der Waals surface area contributed by atoms with Gasteiger partial charge < -0.3 is 5.11 Å². The van der Waals surface area contributed by atoms with Gasteiger partial charge in [-0.15, -0.1) is 0 Å². The van der Waals surface area contributed by atoms with E-state index < -0.39 is 0 Å². The van der Waals surface area contributed by atoms with E-state index in [0.717, 1.165) is 18.8 Å². The predicted molar refractivity (Wildman–Crippen MR) is 75.4 cm³/mol. The maximum Gasteiger partial charge on any atom is 0.0571 e. The fourth-order valence-electron chi connectivity index (χ4n) is 2.63. The van der Waals surface area contributed by atoms with E-state index in [1.54, 1.807) is 0 Å². The number of hydrogen-bond acceptors (Lipinski definition) is 1. The summed E-state index contributed by atoms with van der Waals surface area (Å²) in [6, 6.07) is 8.67. The van der Waals surface area contributed by atoms with E-state index in [1.165, 1.54) is 22.0 Å². The van der Waals surface area contributed by atoms with Crippen LogP contribution in [0.25, 0.3) is 0 Å². The molecule has 1 saturated carbocycles. The van der Waals surface area contributed by atoms with Crippen LogP contribution in [0.2, 0.25) is 0 Å². The van der Waals surface area contributed by atoms with Gasteiger partial charge in [0.05, 0.1) is 6.10 Å². The van der Waals surface area contributed by atoms with Crippen molar-refractivity contribution in [1.29, 1.82) is 0 Å². The second-order valence-electron chi connectivity index (χ2n) is 5.08. The molecule has 3 unspecified atom stereocenters. The number of rotatable bonds is 2. The van der Waals surface area contributed by atoms with Crippen molar-refractivity contribution in [3.05, 3.63) is 33.4 Å². The van der Waals surface area contributed by atoms with E-state index in [2.05, 4.69) is 53.8 Å². The van der Waals surface area contributed by atoms with Gasteiger partial charge >= 0.3 is 0 Å². The molecule has 0 spiro atoms. The molecule has 1 aromatic rings. The van der Waals surface area contributed by atoms with Gasteiger partial charge in [0.2, 0.25) is 0 Å². The van der Waals surface area contributed by atoms with E-state index in [9.17, 15) is 5.11 Å². The van der Waals surface area contributed by atoms with Gasteiger partial charge in [-0.05, 0) is 77.8 Å². The third-order valence-electron chi connectivity index (χ3n) is 3.62. The normalized spacial score (nSPS) is 30.3. The van der Waals surface area contributed by atoms with Gasteiger partial charge in [0.25, 0.3) is 0 Å². The lowest BCUT2D eigenvalue weighted by Crippen LogP contribution is -2.29. The summed E-state index contributed by atoms with van der Waals surface area (Å²) in [6.45, 7) is 2.30. The van der Waals surface area contributed by atoms with Crippen molar-refractivity contribution in [3.63, 3.8) is 0 Å². The molecular formula is C14H19IO. The molecule has 0 aliphatic heterocycles. The largest absolute Gasteiger partial charge is 0.393 e. The minimum absolute atomic E-state index is 0.0875. The van der Waals surface area contributed by atoms with Gasteiger partial charge in [0, 0.05) is 3.57 Å². The highest BCUT2D eigenvalue weighted by Gasteiger charge is 2.26. The van der Waals surface area contributed by atoms with Gasteiger partial charge in [-0.3, -0.25) is 0 Å². The molecule has 88 valence electrons. The highest BCUT2D eigenvalue weighted by Crippen LogP contribution is 2.31. The Morgan fingerprint density at radius 1 is 1.25 bits per heavy atom. The van der Waals surface area contributed by atoms with Crippen LogP contribution in [0.4, 0.5) is 0 Å². The number of benzene rings is 1. The fourth-order valence-corrected chi connectivity index (χ4v) is 2.98. The summed E-state index contributed by atoms with van der Waals surface area (Å²) in [5, 5.41) is 10.0. The third-order valence-corrected chi connectivity index (χ3v) is 4.33. The molecule has 16 heavy (non-hydrogen) atoms. The Balaban J connectivity index is 2.00. The summed E-state index contributed by atoms with van der Waals surface area (Å²) in [4.78, 5) is 0. The molecule has 1 aliphatic carbocycles. The minimum Gasteiger partial charge on any atom is -0.393 e. The first-order chi connectivity index (χ1) is 7.65. The van der Waals surface area contributed by atoms with Crippen LogP contribution in [0, 0.1) is 15.4 Å². The molecule has 3 atom stereocenters. The summed E-state index contributed by atoms with van der Waals surface area (Å²) >= 11 is 2.33. The number of aliphatic hydroxyl groups is 1. The molecule has 0 saturated heterocycles. The molecule has 0 amide bonds. The fraction of sp³-hybridized carbons (Fsp3) is 0.571. The molecule has 0 bridgehead atoms. The zero-order valence-electron chi connectivity index (χ0n) is 9.70. The zero-order chi connectivity index (χ0) is 11.5. The zero-order valence-corrected chi connectivity index (χ0v) is 11.9. The molecule has 1 fully saturated rings. The average Bonchev–Trinajstić information content (AvgIpc) is 2.27. The first-order valence-corrected chi connectivity index (χ1v) is 7.15. The van der Waals surface area contributed by atoms with Gasteiger partial charge in [-0.25, -0.2) is 0 Å². The average molecular weight is 330 g/mol. The molecule has 1 aliphatic rings. The second kappa shape index (κ2) is 5.50. The molecule has 0 heterocycles. The molecular weight excluding hydrogens is 311 g/mol. The lowest BCUT2D eigenvalue weighted by Gasteiger charge is -2.31. The summed E-state index contributed by atoms with van der Waals surface area (Å²) < 4.78 is 1.28. The second-order valence-corrected chi connectivity index (χ2v) is 6.32. The molecule has 0 radical (unpaired) electrons. The first-order valence-electron chi connectivity index (χ1n) is 6.07. The van der Waals surface area contributed by atoms with Gasteiger partial charge in [-0.2, -0.15) is 0 Å². The van der Waals surface area contributed by atoms with Crippen molar-refractivity contribution >= 4 is 22.6 Å². The van der Waals surface area contributed by atoms with Crippen molar-refractivity contribution in [2.24, 2.45) is 11.8 Å². The van der Waals surface area contributed by atoms with Crippen LogP contribution in [0.1, 0.15) is 31.7 Å². The van der Waals surface area contributed by atoms with Crippen LogP contribution in [-0.2, 0) is 6.42 Å². The van der Waals surface area contributed by atoms with Crippen LogP contribution >= 0.6 is 22.6 Å². The Bertz CT molecular complexity index is 333. The van der Waals surface area contributed by atoms with E-state index in [4.69, 9.17) is 0 Å². The molecule has 2 heteroatoms. The Morgan fingerprint density at radius 2 is 1.94 bits per heavy atom. The van der Waals surface area contributed by atoms with Crippen molar-refractivity contribution in [3.8, 4) is 0 Å². The quantitative estimate of drug-likeness (QED) is 0.821. The first kappa shape index (κ1) is 12.4. The van der Waals surface area contributed by atoms with Crippen molar-refractivity contribution in [1.82, 2.24) is 0 Å². The standard InChI is InChI=1S/C14H19IO/c1-10-2-7-14(16)12(8-10)9-11-3-5-13(15)6-4-11/h3-6,10,12,14,16H,2,7-9H2,1H3.